The van der Waals surface area contributed by atoms with E-state index in [-0.39, 0.29) is 84.8 Å². The summed E-state index contributed by atoms with van der Waals surface area (Å²) in [6.07, 6.45) is 9.68. The molecule has 6 aromatic rings. The molecule has 0 saturated carbocycles. The molecule has 6 rings (SSSR count). The number of nitrogens with zero attached hydrogens (tertiary/aromatic N) is 6. The molecule has 0 aliphatic rings. The highest BCUT2D eigenvalue weighted by Gasteiger charge is 2.30. The number of methoxy groups -OCH3 is 6. The van der Waals surface area contributed by atoms with Gasteiger partial charge in [0.1, 0.15) is 34.5 Å². The van der Waals surface area contributed by atoms with Crippen molar-refractivity contribution in [2.45, 2.75) is 232 Å². The van der Waals surface area contributed by atoms with Gasteiger partial charge in [0.05, 0.1) is 82.5 Å². The van der Waals surface area contributed by atoms with Gasteiger partial charge in [-0.2, -0.15) is 15.3 Å². The van der Waals surface area contributed by atoms with E-state index in [2.05, 4.69) is 148 Å². The van der Waals surface area contributed by atoms with Crippen LogP contribution in [-0.4, -0.2) is 145 Å². The number of nitrogens with one attached hydrogen (secondary N) is 6. The van der Waals surface area contributed by atoms with Crippen LogP contribution in [-0.2, 0) is 27.5 Å². The molecule has 5 atom stereocenters. The molecule has 107 heavy (non-hydrogen) atoms. The van der Waals surface area contributed by atoms with Crippen molar-refractivity contribution in [3.8, 4) is 68.3 Å². The van der Waals surface area contributed by atoms with Gasteiger partial charge in [0.2, 0.25) is 17.7 Å². The predicted octanol–water partition coefficient (Wildman–Crippen LogP) is 15.0. The third kappa shape index (κ3) is 28.9. The molecule has 0 aliphatic heterocycles. The second-order valence-electron chi connectivity index (χ2n) is 29.7. The fraction of sp³-hybridized carbons (Fsp3) is 0.602. The number of aromatic nitrogens is 6. The molecular weight excluding hydrogens is 1360 g/mol. The van der Waals surface area contributed by atoms with Crippen molar-refractivity contribution in [2.75, 3.05) is 62.3 Å². The highest BCUT2D eigenvalue weighted by Crippen LogP contribution is 2.42. The van der Waals surface area contributed by atoms with Gasteiger partial charge in [-0.25, -0.2) is 0 Å². The zero-order chi connectivity index (χ0) is 79.4. The van der Waals surface area contributed by atoms with Crippen LogP contribution in [0.2, 0.25) is 0 Å². The number of unbranched alkanes of at least 4 members (excludes halogenated alkanes) is 3. The highest BCUT2D eigenvalue weighted by atomic mass is 16.5. The van der Waals surface area contributed by atoms with Crippen LogP contribution < -0.4 is 60.3 Å². The average Bonchev–Trinajstić information content (AvgIpc) is 1.69. The molecule has 0 radical (unpaired) electrons. The lowest BCUT2D eigenvalue weighted by Crippen LogP contribution is -2.40. The molecule has 0 aliphatic carbocycles. The van der Waals surface area contributed by atoms with Gasteiger partial charge in [-0.1, -0.05) is 148 Å². The van der Waals surface area contributed by atoms with Crippen molar-refractivity contribution in [2.24, 2.45) is 35.5 Å². The molecule has 0 bridgehead atoms. The second kappa shape index (κ2) is 46.9. The van der Waals surface area contributed by atoms with E-state index in [0.29, 0.717) is 133 Å². The average molecular weight is 1490 g/mol. The molecule has 24 heteroatoms. The SMILES string of the molecule is CCCCNC(=O)C[C@H](CC(C)C)NC(=O)c1cc(-c2c(OC)cccc2OC)n(C(C)C(C)C)n1.CCCCNC(=O)C[C@H](CC(C)C)NC(=O)c1cc(-c2c(OC)cccc2OC)n(CC(C)C)n1.CCCCNC(=O)C[C@H](CC(C)C)NC(=O)c1cc(-c2c(OC)cccc2OC)n(CC(C)CC)n1. The van der Waals surface area contributed by atoms with Crippen LogP contribution in [0.5, 0.6) is 34.5 Å². The van der Waals surface area contributed by atoms with Gasteiger partial charge in [0.25, 0.3) is 17.7 Å². The first-order chi connectivity index (χ1) is 51.0. The Morgan fingerprint density at radius 2 is 0.682 bits per heavy atom. The van der Waals surface area contributed by atoms with Crippen LogP contribution >= 0.6 is 0 Å². The first-order valence-corrected chi connectivity index (χ1v) is 38.7. The molecule has 6 amide bonds. The van der Waals surface area contributed by atoms with Gasteiger partial charge in [0, 0.05) is 70.1 Å². The van der Waals surface area contributed by atoms with E-state index < -0.39 is 0 Å². The van der Waals surface area contributed by atoms with E-state index in [4.69, 9.17) is 38.6 Å². The summed E-state index contributed by atoms with van der Waals surface area (Å²) in [5.41, 5.74) is 5.40. The summed E-state index contributed by atoms with van der Waals surface area (Å²) in [5, 5.41) is 32.1. The Balaban J connectivity index is 0.000000339. The molecule has 0 fully saturated rings. The van der Waals surface area contributed by atoms with Crippen molar-refractivity contribution < 1.29 is 57.2 Å². The normalized spacial score (nSPS) is 12.6. The van der Waals surface area contributed by atoms with Gasteiger partial charge in [0.15, 0.2) is 17.1 Å². The van der Waals surface area contributed by atoms with Crippen LogP contribution in [0.25, 0.3) is 33.8 Å². The molecule has 24 nitrogen and oxygen atoms in total. The van der Waals surface area contributed by atoms with Gasteiger partial charge < -0.3 is 60.3 Å². The lowest BCUT2D eigenvalue weighted by molar-refractivity contribution is -0.122. The third-order valence-corrected chi connectivity index (χ3v) is 18.2. The number of benzene rings is 3. The Hall–Kier alpha value is -9.09. The highest BCUT2D eigenvalue weighted by molar-refractivity contribution is 5.96. The molecule has 3 aromatic carbocycles. The summed E-state index contributed by atoms with van der Waals surface area (Å²) in [6, 6.07) is 21.3. The smallest absolute Gasteiger partial charge is 0.272 e. The molecule has 0 saturated heterocycles. The number of hydrogen-bond acceptors (Lipinski definition) is 15. The lowest BCUT2D eigenvalue weighted by Gasteiger charge is -2.21. The second-order valence-corrected chi connectivity index (χ2v) is 29.7. The quantitative estimate of drug-likeness (QED) is 0.0194. The summed E-state index contributed by atoms with van der Waals surface area (Å²) in [6.45, 7) is 36.8. The minimum atomic E-state index is -0.299. The monoisotopic (exact) mass is 1490 g/mol. The summed E-state index contributed by atoms with van der Waals surface area (Å²) in [7, 11) is 9.67. The summed E-state index contributed by atoms with van der Waals surface area (Å²) in [4.78, 5) is 77.4. The van der Waals surface area contributed by atoms with E-state index in [1.165, 1.54) is 0 Å². The largest absolute Gasteiger partial charge is 0.496 e. The Labute approximate surface area is 638 Å². The number of amides is 6. The summed E-state index contributed by atoms with van der Waals surface area (Å²) < 4.78 is 39.3. The maximum atomic E-state index is 13.4. The number of ether oxygens (including phenoxy) is 6. The van der Waals surface area contributed by atoms with Gasteiger partial charge >= 0.3 is 0 Å². The molecular formula is C83H130N12O12. The minimum Gasteiger partial charge on any atom is -0.496 e. The maximum Gasteiger partial charge on any atom is 0.272 e. The van der Waals surface area contributed by atoms with Gasteiger partial charge in [-0.3, -0.25) is 42.8 Å². The Bertz CT molecular complexity index is 3640. The number of carbonyl (C=O) groups is 6. The fourth-order valence-corrected chi connectivity index (χ4v) is 12.3. The summed E-state index contributed by atoms with van der Waals surface area (Å²) >= 11 is 0. The van der Waals surface area contributed by atoms with Gasteiger partial charge in [-0.05, 0) is 136 Å². The maximum absolute atomic E-state index is 13.4. The Morgan fingerprint density at radius 3 is 0.953 bits per heavy atom. The standard InChI is InChI=1S/2C28H44N4O4.C27H42N4O4/c1-9-10-14-29-26(33)16-21(15-18(2)3)30-28(34)22-17-23(32(31-22)20(6)19(4)5)27-24(35-7)12-11-13-25(27)36-8;1-8-10-14-29-26(33)16-21(15-19(3)4)30-28(34)22-17-23(32(31-22)18-20(5)9-2)27-24(35-6)12-11-13-25(27)36-7;1-8-9-13-28-25(32)15-20(14-18(2)3)29-27(33)21-16-22(31(30-21)17-19(4)5)26-23(34-6)11-10-12-24(26)35-7/h11-13,17-21H,9-10,14-16H2,1-8H3,(H,29,33)(H,30,34);11-13,17,19-21H,8-10,14-16,18H2,1-7H3,(H,29,33)(H,30,34);10-12,16,18-20H,8-9,13-15,17H2,1-7H3,(H,28,32)(H,29,33)/t2*20?,21-;20-/m000/s1. The van der Waals surface area contributed by atoms with Crippen LogP contribution in [0.1, 0.15) is 232 Å². The summed E-state index contributed by atoms with van der Waals surface area (Å²) in [5.74, 6) is 4.76. The molecule has 3 aromatic heterocycles. The van der Waals surface area contributed by atoms with Crippen molar-refractivity contribution >= 4 is 35.4 Å². The van der Waals surface area contributed by atoms with E-state index in [1.807, 2.05) is 68.6 Å². The zero-order valence-corrected chi connectivity index (χ0v) is 68.5. The molecule has 6 N–H and O–H groups in total. The van der Waals surface area contributed by atoms with E-state index in [9.17, 15) is 28.8 Å². The van der Waals surface area contributed by atoms with Crippen molar-refractivity contribution in [3.63, 3.8) is 0 Å². The fourth-order valence-electron chi connectivity index (χ4n) is 12.3. The van der Waals surface area contributed by atoms with E-state index in [1.54, 1.807) is 60.9 Å². The first kappa shape index (κ1) is 90.3. The van der Waals surface area contributed by atoms with Crippen LogP contribution in [0.4, 0.5) is 0 Å². The molecule has 3 heterocycles. The van der Waals surface area contributed by atoms with Crippen molar-refractivity contribution in [3.05, 3.63) is 89.9 Å². The van der Waals surface area contributed by atoms with Gasteiger partial charge in [-0.15, -0.1) is 0 Å². The molecule has 2 unspecified atom stereocenters. The van der Waals surface area contributed by atoms with Crippen molar-refractivity contribution in [1.29, 1.82) is 0 Å². The van der Waals surface area contributed by atoms with E-state index >= 15 is 0 Å². The Kier molecular flexibility index (Phi) is 39.6. The first-order valence-electron chi connectivity index (χ1n) is 38.7. The zero-order valence-electron chi connectivity index (χ0n) is 68.5. The Morgan fingerprint density at radius 1 is 0.393 bits per heavy atom. The minimum absolute atomic E-state index is 0.0203. The van der Waals surface area contributed by atoms with Crippen LogP contribution in [0, 0.1) is 35.5 Å². The van der Waals surface area contributed by atoms with Crippen molar-refractivity contribution in [1.82, 2.24) is 61.2 Å². The predicted molar refractivity (Wildman–Crippen MR) is 426 cm³/mol. The topological polar surface area (TPSA) is 283 Å². The number of carbonyl (C=O) groups excluding carboxylic acids is 6. The number of rotatable bonds is 43. The number of hydrogen-bond donors (Lipinski definition) is 6. The third-order valence-electron chi connectivity index (χ3n) is 18.2. The lowest BCUT2D eigenvalue weighted by atomic mass is 10.0. The molecule has 594 valence electrons. The van der Waals surface area contributed by atoms with Crippen LogP contribution in [0.15, 0.2) is 72.8 Å². The van der Waals surface area contributed by atoms with Crippen LogP contribution in [0.3, 0.4) is 0 Å². The van der Waals surface area contributed by atoms with E-state index in [0.717, 1.165) is 78.7 Å². The molecule has 0 spiro atoms.